The van der Waals surface area contributed by atoms with Crippen molar-refractivity contribution in [3.05, 3.63) is 48.4 Å². The van der Waals surface area contributed by atoms with E-state index in [2.05, 4.69) is 36.4 Å². The van der Waals surface area contributed by atoms with E-state index in [1.165, 1.54) is 12.5 Å². The molecule has 1 aromatic heterocycles. The lowest BCUT2D eigenvalue weighted by atomic mass is 9.89. The summed E-state index contributed by atoms with van der Waals surface area (Å²) in [5.41, 5.74) is 2.33. The molecular weight excluding hydrogens is 302 g/mol. The van der Waals surface area contributed by atoms with Gasteiger partial charge < -0.3 is 20.0 Å². The normalized spacial score (nSPS) is 24.5. The summed E-state index contributed by atoms with van der Waals surface area (Å²) in [6.45, 7) is 5.64. The monoisotopic (exact) mass is 327 g/mol. The van der Waals surface area contributed by atoms with E-state index in [0.29, 0.717) is 23.6 Å². The fourth-order valence-electron chi connectivity index (χ4n) is 3.24. The molecule has 2 heterocycles. The SMILES string of the molecule is C[C@@H]1CN(C)[C@@H](C)C[C@@H]1Nc1cccc(NC(=O)c2ccoc2)c1. The average molecular weight is 327 g/mol. The van der Waals surface area contributed by atoms with Gasteiger partial charge in [0, 0.05) is 30.0 Å². The number of nitrogens with one attached hydrogen (secondary N) is 2. The van der Waals surface area contributed by atoms with Crippen LogP contribution in [0.4, 0.5) is 11.4 Å². The number of rotatable bonds is 4. The number of carbonyl (C=O) groups excluding carboxylic acids is 1. The van der Waals surface area contributed by atoms with Crippen molar-refractivity contribution in [2.45, 2.75) is 32.4 Å². The first kappa shape index (κ1) is 16.6. The minimum atomic E-state index is -0.165. The lowest BCUT2D eigenvalue weighted by molar-refractivity contribution is 0.102. The summed E-state index contributed by atoms with van der Waals surface area (Å²) in [6, 6.07) is 10.5. The van der Waals surface area contributed by atoms with Gasteiger partial charge in [-0.2, -0.15) is 0 Å². The first-order chi connectivity index (χ1) is 11.5. The molecule has 1 aromatic carbocycles. The molecule has 1 aliphatic heterocycles. The molecule has 0 unspecified atom stereocenters. The van der Waals surface area contributed by atoms with Crippen LogP contribution in [0.3, 0.4) is 0 Å². The number of carbonyl (C=O) groups is 1. The van der Waals surface area contributed by atoms with Crippen LogP contribution in [0.5, 0.6) is 0 Å². The lowest BCUT2D eigenvalue weighted by Crippen LogP contribution is -2.48. The molecule has 2 N–H and O–H groups in total. The van der Waals surface area contributed by atoms with Crippen LogP contribution >= 0.6 is 0 Å². The predicted molar refractivity (Wildman–Crippen MR) is 96.4 cm³/mol. The number of hydrogen-bond donors (Lipinski definition) is 2. The molecule has 0 radical (unpaired) electrons. The van der Waals surface area contributed by atoms with Crippen LogP contribution < -0.4 is 10.6 Å². The number of anilines is 2. The predicted octanol–water partition coefficient (Wildman–Crippen LogP) is 3.67. The highest BCUT2D eigenvalue weighted by Crippen LogP contribution is 2.25. The zero-order valence-electron chi connectivity index (χ0n) is 14.5. The molecule has 5 heteroatoms. The Kier molecular flexibility index (Phi) is 4.90. The summed E-state index contributed by atoms with van der Waals surface area (Å²) in [6.07, 6.45) is 4.05. The molecule has 0 spiro atoms. The van der Waals surface area contributed by atoms with Gasteiger partial charge >= 0.3 is 0 Å². The second-order valence-corrected chi connectivity index (χ2v) is 6.80. The first-order valence-electron chi connectivity index (χ1n) is 8.43. The third-order valence-corrected chi connectivity index (χ3v) is 4.87. The zero-order chi connectivity index (χ0) is 17.1. The Morgan fingerprint density at radius 3 is 2.79 bits per heavy atom. The molecule has 3 rings (SSSR count). The van der Waals surface area contributed by atoms with Crippen molar-refractivity contribution in [2.24, 2.45) is 5.92 Å². The Morgan fingerprint density at radius 2 is 2.04 bits per heavy atom. The number of nitrogens with zero attached hydrogens (tertiary/aromatic N) is 1. The van der Waals surface area contributed by atoms with Crippen LogP contribution in [0.2, 0.25) is 0 Å². The summed E-state index contributed by atoms with van der Waals surface area (Å²) < 4.78 is 4.95. The van der Waals surface area contributed by atoms with E-state index in [9.17, 15) is 4.79 Å². The summed E-state index contributed by atoms with van der Waals surface area (Å²) >= 11 is 0. The summed E-state index contributed by atoms with van der Waals surface area (Å²) in [5, 5.41) is 6.54. The van der Waals surface area contributed by atoms with E-state index in [-0.39, 0.29) is 5.91 Å². The molecular formula is C19H25N3O2. The summed E-state index contributed by atoms with van der Waals surface area (Å²) in [4.78, 5) is 14.5. The van der Waals surface area contributed by atoms with Gasteiger partial charge in [-0.3, -0.25) is 4.79 Å². The molecule has 1 fully saturated rings. The highest BCUT2D eigenvalue weighted by molar-refractivity contribution is 6.04. The number of benzene rings is 1. The van der Waals surface area contributed by atoms with Crippen molar-refractivity contribution < 1.29 is 9.21 Å². The molecule has 1 amide bonds. The van der Waals surface area contributed by atoms with Crippen molar-refractivity contribution in [2.75, 3.05) is 24.2 Å². The maximum atomic E-state index is 12.1. The van der Waals surface area contributed by atoms with E-state index < -0.39 is 0 Å². The van der Waals surface area contributed by atoms with Gasteiger partial charge in [0.05, 0.1) is 11.8 Å². The van der Waals surface area contributed by atoms with Crippen LogP contribution in [0.15, 0.2) is 47.3 Å². The molecule has 128 valence electrons. The van der Waals surface area contributed by atoms with Crippen LogP contribution in [-0.4, -0.2) is 36.5 Å². The number of likely N-dealkylation sites (tertiary alicyclic amines) is 1. The third kappa shape index (κ3) is 3.79. The smallest absolute Gasteiger partial charge is 0.258 e. The zero-order valence-corrected chi connectivity index (χ0v) is 14.5. The largest absolute Gasteiger partial charge is 0.472 e. The van der Waals surface area contributed by atoms with E-state index in [1.54, 1.807) is 6.07 Å². The summed E-state index contributed by atoms with van der Waals surface area (Å²) in [7, 11) is 2.18. The minimum Gasteiger partial charge on any atom is -0.472 e. The minimum absolute atomic E-state index is 0.165. The van der Waals surface area contributed by atoms with Crippen molar-refractivity contribution in [1.29, 1.82) is 0 Å². The first-order valence-corrected chi connectivity index (χ1v) is 8.43. The van der Waals surface area contributed by atoms with E-state index in [0.717, 1.165) is 24.3 Å². The van der Waals surface area contributed by atoms with Crippen LogP contribution in [0.25, 0.3) is 0 Å². The van der Waals surface area contributed by atoms with Crippen LogP contribution in [-0.2, 0) is 0 Å². The lowest BCUT2D eigenvalue weighted by Gasteiger charge is -2.40. The van der Waals surface area contributed by atoms with Gasteiger partial charge in [0.2, 0.25) is 0 Å². The Morgan fingerprint density at radius 1 is 1.25 bits per heavy atom. The van der Waals surface area contributed by atoms with Crippen LogP contribution in [0, 0.1) is 5.92 Å². The van der Waals surface area contributed by atoms with E-state index in [4.69, 9.17) is 4.42 Å². The summed E-state index contributed by atoms with van der Waals surface area (Å²) in [5.74, 6) is 0.414. The number of hydrogen-bond acceptors (Lipinski definition) is 4. The third-order valence-electron chi connectivity index (χ3n) is 4.87. The molecule has 0 bridgehead atoms. The van der Waals surface area contributed by atoms with E-state index in [1.807, 2.05) is 24.3 Å². The number of amides is 1. The van der Waals surface area contributed by atoms with E-state index >= 15 is 0 Å². The standard InChI is InChI=1S/C19H25N3O2/c1-13-11-22(3)14(2)9-18(13)20-16-5-4-6-17(10-16)21-19(23)15-7-8-24-12-15/h4-8,10,12-14,18,20H,9,11H2,1-3H3,(H,21,23)/t13-,14+,18+/m1/s1. The van der Waals surface area contributed by atoms with Gasteiger partial charge in [-0.05, 0) is 50.6 Å². The van der Waals surface area contributed by atoms with Crippen molar-refractivity contribution in [1.82, 2.24) is 4.90 Å². The highest BCUT2D eigenvalue weighted by atomic mass is 16.3. The van der Waals surface area contributed by atoms with Gasteiger partial charge in [0.1, 0.15) is 6.26 Å². The Balaban J connectivity index is 1.66. The molecule has 0 aliphatic carbocycles. The van der Waals surface area contributed by atoms with Gasteiger partial charge in [-0.15, -0.1) is 0 Å². The Hall–Kier alpha value is -2.27. The van der Waals surface area contributed by atoms with Gasteiger partial charge in [-0.25, -0.2) is 0 Å². The molecule has 1 saturated heterocycles. The highest BCUT2D eigenvalue weighted by Gasteiger charge is 2.28. The fraction of sp³-hybridized carbons (Fsp3) is 0.421. The number of piperidine rings is 1. The maximum absolute atomic E-state index is 12.1. The average Bonchev–Trinajstić information content (AvgIpc) is 3.07. The van der Waals surface area contributed by atoms with Gasteiger partial charge in [0.15, 0.2) is 0 Å². The van der Waals surface area contributed by atoms with Gasteiger partial charge in [0.25, 0.3) is 5.91 Å². The molecule has 0 saturated carbocycles. The Labute approximate surface area is 143 Å². The fourth-order valence-corrected chi connectivity index (χ4v) is 3.24. The Bertz CT molecular complexity index is 684. The maximum Gasteiger partial charge on any atom is 0.258 e. The molecule has 24 heavy (non-hydrogen) atoms. The number of furan rings is 1. The second-order valence-electron chi connectivity index (χ2n) is 6.80. The van der Waals surface area contributed by atoms with Crippen molar-refractivity contribution >= 4 is 17.3 Å². The molecule has 5 nitrogen and oxygen atoms in total. The quantitative estimate of drug-likeness (QED) is 0.899. The molecule has 2 aromatic rings. The topological polar surface area (TPSA) is 57.5 Å². The van der Waals surface area contributed by atoms with Crippen molar-refractivity contribution in [3.63, 3.8) is 0 Å². The molecule has 1 aliphatic rings. The van der Waals surface area contributed by atoms with Crippen LogP contribution in [0.1, 0.15) is 30.6 Å². The van der Waals surface area contributed by atoms with Crippen molar-refractivity contribution in [3.8, 4) is 0 Å². The molecule has 3 atom stereocenters. The van der Waals surface area contributed by atoms with Gasteiger partial charge in [-0.1, -0.05) is 13.0 Å². The second kappa shape index (κ2) is 7.09.